The van der Waals surface area contributed by atoms with Gasteiger partial charge in [0.1, 0.15) is 0 Å². The van der Waals surface area contributed by atoms with E-state index in [-0.39, 0.29) is 12.3 Å². The average Bonchev–Trinajstić information content (AvgIpc) is 2.05. The van der Waals surface area contributed by atoms with Crippen molar-refractivity contribution in [3.63, 3.8) is 0 Å². The topological polar surface area (TPSA) is 30.8 Å². The van der Waals surface area contributed by atoms with Gasteiger partial charge in [-0.3, -0.25) is 0 Å². The minimum atomic E-state index is -0.169. The summed E-state index contributed by atoms with van der Waals surface area (Å²) < 4.78 is 10.7. The Hall–Kier alpha value is -0.280. The third-order valence-electron chi connectivity index (χ3n) is 1.51. The third kappa shape index (κ3) is 6.84. The molecule has 3 nitrogen and oxygen atoms in total. The van der Waals surface area contributed by atoms with E-state index in [1.165, 1.54) is 0 Å². The zero-order valence-electron chi connectivity index (χ0n) is 8.45. The fourth-order valence-electron chi connectivity index (χ4n) is 0.977. The zero-order chi connectivity index (χ0) is 10.1. The number of hydrogen-bond acceptors (Lipinski definition) is 4. The maximum absolute atomic E-state index is 5.36. The molecular formula is C9H17NO2S. The Labute approximate surface area is 85.1 Å². The predicted octanol–water partition coefficient (Wildman–Crippen LogP) is 2.27. The van der Waals surface area contributed by atoms with Crippen LogP contribution in [0.15, 0.2) is 4.99 Å². The molecule has 0 fully saturated rings. The fourth-order valence-corrected chi connectivity index (χ4v) is 1.16. The van der Waals surface area contributed by atoms with Crippen LogP contribution in [-0.2, 0) is 9.47 Å². The van der Waals surface area contributed by atoms with E-state index in [1.807, 2.05) is 20.8 Å². The van der Waals surface area contributed by atoms with Crippen molar-refractivity contribution in [2.45, 2.75) is 39.5 Å². The average molecular weight is 203 g/mol. The van der Waals surface area contributed by atoms with Crippen LogP contribution in [0.1, 0.15) is 27.2 Å². The Bertz CT molecular complexity index is 163. The van der Waals surface area contributed by atoms with Crippen molar-refractivity contribution < 1.29 is 9.47 Å². The largest absolute Gasteiger partial charge is 0.353 e. The van der Waals surface area contributed by atoms with Crippen molar-refractivity contribution in [3.05, 3.63) is 0 Å². The van der Waals surface area contributed by atoms with Gasteiger partial charge in [0.25, 0.3) is 0 Å². The molecule has 0 aromatic rings. The van der Waals surface area contributed by atoms with Gasteiger partial charge in [0.05, 0.1) is 11.2 Å². The second kappa shape index (κ2) is 8.32. The Morgan fingerprint density at radius 2 is 1.85 bits per heavy atom. The van der Waals surface area contributed by atoms with Crippen molar-refractivity contribution in [1.82, 2.24) is 0 Å². The van der Waals surface area contributed by atoms with Crippen molar-refractivity contribution in [2.75, 3.05) is 13.2 Å². The molecule has 0 amide bonds. The SMILES string of the molecule is CCOC(CC(C)N=C=S)OCC. The van der Waals surface area contributed by atoms with Gasteiger partial charge in [0, 0.05) is 19.6 Å². The quantitative estimate of drug-likeness (QED) is 0.361. The first-order valence-electron chi connectivity index (χ1n) is 4.54. The van der Waals surface area contributed by atoms with Crippen molar-refractivity contribution in [1.29, 1.82) is 0 Å². The zero-order valence-corrected chi connectivity index (χ0v) is 9.26. The van der Waals surface area contributed by atoms with E-state index >= 15 is 0 Å². The molecule has 0 saturated carbocycles. The molecule has 1 unspecified atom stereocenters. The smallest absolute Gasteiger partial charge is 0.159 e. The van der Waals surface area contributed by atoms with Crippen LogP contribution < -0.4 is 0 Å². The van der Waals surface area contributed by atoms with Gasteiger partial charge in [-0.1, -0.05) is 0 Å². The first-order chi connectivity index (χ1) is 6.24. The maximum Gasteiger partial charge on any atom is 0.159 e. The highest BCUT2D eigenvalue weighted by molar-refractivity contribution is 7.78. The minimum absolute atomic E-state index is 0.112. The van der Waals surface area contributed by atoms with Gasteiger partial charge < -0.3 is 9.47 Å². The number of rotatable bonds is 7. The number of aliphatic imine (C=N–C) groups is 1. The molecule has 0 radical (unpaired) electrons. The molecule has 13 heavy (non-hydrogen) atoms. The van der Waals surface area contributed by atoms with E-state index in [1.54, 1.807) is 0 Å². The molecule has 1 atom stereocenters. The molecule has 0 heterocycles. The summed E-state index contributed by atoms with van der Waals surface area (Å²) >= 11 is 4.51. The summed E-state index contributed by atoms with van der Waals surface area (Å²) in [5.41, 5.74) is 0. The summed E-state index contributed by atoms with van der Waals surface area (Å²) in [6, 6.07) is 0.112. The second-order valence-electron chi connectivity index (χ2n) is 2.65. The Morgan fingerprint density at radius 3 is 2.23 bits per heavy atom. The predicted molar refractivity (Wildman–Crippen MR) is 56.1 cm³/mol. The molecule has 0 rings (SSSR count). The molecular weight excluding hydrogens is 186 g/mol. The highest BCUT2D eigenvalue weighted by Crippen LogP contribution is 2.07. The van der Waals surface area contributed by atoms with Gasteiger partial charge in [-0.25, -0.2) is 4.99 Å². The van der Waals surface area contributed by atoms with Gasteiger partial charge in [-0.05, 0) is 33.0 Å². The molecule has 0 aliphatic heterocycles. The molecule has 76 valence electrons. The van der Waals surface area contributed by atoms with Crippen molar-refractivity contribution >= 4 is 17.4 Å². The monoisotopic (exact) mass is 203 g/mol. The molecule has 0 aliphatic rings. The molecule has 0 aliphatic carbocycles. The van der Waals surface area contributed by atoms with Crippen LogP contribution in [-0.4, -0.2) is 30.7 Å². The normalized spacial score (nSPS) is 12.6. The van der Waals surface area contributed by atoms with Gasteiger partial charge in [0.2, 0.25) is 0 Å². The molecule has 0 spiro atoms. The van der Waals surface area contributed by atoms with E-state index in [4.69, 9.17) is 9.47 Å². The summed E-state index contributed by atoms with van der Waals surface area (Å²) in [5.74, 6) is 0. The molecule has 0 N–H and O–H groups in total. The van der Waals surface area contributed by atoms with Gasteiger partial charge in [-0.15, -0.1) is 0 Å². The van der Waals surface area contributed by atoms with Crippen LogP contribution in [0.5, 0.6) is 0 Å². The summed E-state index contributed by atoms with van der Waals surface area (Å²) in [7, 11) is 0. The fraction of sp³-hybridized carbons (Fsp3) is 0.889. The van der Waals surface area contributed by atoms with E-state index < -0.39 is 0 Å². The highest BCUT2D eigenvalue weighted by Gasteiger charge is 2.11. The Balaban J connectivity index is 3.84. The molecule has 0 saturated heterocycles. The van der Waals surface area contributed by atoms with Crippen LogP contribution >= 0.6 is 12.2 Å². The third-order valence-corrected chi connectivity index (χ3v) is 1.62. The van der Waals surface area contributed by atoms with Crippen molar-refractivity contribution in [3.8, 4) is 0 Å². The molecule has 0 bridgehead atoms. The summed E-state index contributed by atoms with van der Waals surface area (Å²) in [4.78, 5) is 3.93. The lowest BCUT2D eigenvalue weighted by Gasteiger charge is -2.18. The number of hydrogen-bond donors (Lipinski definition) is 0. The second-order valence-corrected chi connectivity index (χ2v) is 2.83. The van der Waals surface area contributed by atoms with Gasteiger partial charge in [0.15, 0.2) is 6.29 Å². The number of thiocarbonyl (C=S) groups is 1. The lowest BCUT2D eigenvalue weighted by molar-refractivity contribution is -0.141. The van der Waals surface area contributed by atoms with Crippen LogP contribution in [0.4, 0.5) is 0 Å². The number of nitrogens with zero attached hydrogens (tertiary/aromatic N) is 1. The summed E-state index contributed by atoms with van der Waals surface area (Å²) in [6.45, 7) is 7.15. The summed E-state index contributed by atoms with van der Waals surface area (Å²) in [6.07, 6.45) is 0.558. The van der Waals surface area contributed by atoms with E-state index in [9.17, 15) is 0 Å². The molecule has 0 aromatic heterocycles. The lowest BCUT2D eigenvalue weighted by Crippen LogP contribution is -2.21. The Morgan fingerprint density at radius 1 is 1.31 bits per heavy atom. The number of ether oxygens (including phenoxy) is 2. The molecule has 4 heteroatoms. The Kier molecular flexibility index (Phi) is 8.14. The van der Waals surface area contributed by atoms with Crippen LogP contribution in [0, 0.1) is 0 Å². The highest BCUT2D eigenvalue weighted by atomic mass is 32.1. The van der Waals surface area contributed by atoms with E-state index in [2.05, 4.69) is 22.4 Å². The lowest BCUT2D eigenvalue weighted by atomic mass is 10.2. The van der Waals surface area contributed by atoms with Gasteiger partial charge in [-0.2, -0.15) is 0 Å². The van der Waals surface area contributed by atoms with Gasteiger partial charge >= 0.3 is 0 Å². The van der Waals surface area contributed by atoms with Crippen LogP contribution in [0.25, 0.3) is 0 Å². The maximum atomic E-state index is 5.36. The van der Waals surface area contributed by atoms with Crippen LogP contribution in [0.2, 0.25) is 0 Å². The first kappa shape index (κ1) is 12.7. The first-order valence-corrected chi connectivity index (χ1v) is 4.95. The van der Waals surface area contributed by atoms with Crippen molar-refractivity contribution in [2.24, 2.45) is 4.99 Å². The minimum Gasteiger partial charge on any atom is -0.353 e. The van der Waals surface area contributed by atoms with E-state index in [0.29, 0.717) is 13.2 Å². The van der Waals surface area contributed by atoms with Crippen LogP contribution in [0.3, 0.4) is 0 Å². The number of isothiocyanates is 1. The van der Waals surface area contributed by atoms with E-state index in [0.717, 1.165) is 6.42 Å². The molecule has 0 aromatic carbocycles. The summed E-state index contributed by atoms with van der Waals surface area (Å²) in [5, 5.41) is 2.35. The standard InChI is InChI=1S/C9H17NO2S/c1-4-11-9(12-5-2)6-8(3)10-7-13/h8-9H,4-6H2,1-3H3.